The van der Waals surface area contributed by atoms with Gasteiger partial charge in [0, 0.05) is 17.1 Å². The summed E-state index contributed by atoms with van der Waals surface area (Å²) in [5, 5.41) is 4.67. The van der Waals surface area contributed by atoms with Gasteiger partial charge < -0.3 is 11.1 Å². The minimum atomic E-state index is -0.322. The van der Waals surface area contributed by atoms with Crippen molar-refractivity contribution in [3.8, 4) is 11.1 Å². The SMILES string of the molecule is C[C@@]1(c2cccc(-c3cccc(Cl)c3)c2Cl)CCN=C(N)N1. The van der Waals surface area contributed by atoms with E-state index in [1.807, 2.05) is 42.5 Å². The van der Waals surface area contributed by atoms with Crippen LogP contribution in [-0.2, 0) is 5.54 Å². The molecule has 0 saturated carbocycles. The van der Waals surface area contributed by atoms with Crippen molar-refractivity contribution in [2.45, 2.75) is 18.9 Å². The molecular weight excluding hydrogens is 317 g/mol. The zero-order chi connectivity index (χ0) is 15.7. The Morgan fingerprint density at radius 2 is 1.95 bits per heavy atom. The summed E-state index contributed by atoms with van der Waals surface area (Å²) in [6.45, 7) is 2.78. The van der Waals surface area contributed by atoms with Crippen LogP contribution in [0.2, 0.25) is 10.0 Å². The quantitative estimate of drug-likeness (QED) is 0.865. The number of hydrogen-bond donors (Lipinski definition) is 2. The molecule has 1 aliphatic rings. The molecule has 0 spiro atoms. The van der Waals surface area contributed by atoms with Gasteiger partial charge in [-0.1, -0.05) is 53.5 Å². The second-order valence-electron chi connectivity index (χ2n) is 5.65. The van der Waals surface area contributed by atoms with E-state index in [0.29, 0.717) is 17.5 Å². The molecule has 0 amide bonds. The number of rotatable bonds is 2. The zero-order valence-electron chi connectivity index (χ0n) is 12.2. The van der Waals surface area contributed by atoms with E-state index >= 15 is 0 Å². The summed E-state index contributed by atoms with van der Waals surface area (Å²) in [6.07, 6.45) is 0.840. The van der Waals surface area contributed by atoms with E-state index in [2.05, 4.69) is 17.2 Å². The van der Waals surface area contributed by atoms with Gasteiger partial charge in [0.25, 0.3) is 0 Å². The highest BCUT2D eigenvalue weighted by Gasteiger charge is 2.32. The predicted octanol–water partition coefficient (Wildman–Crippen LogP) is 4.18. The first kappa shape index (κ1) is 15.2. The van der Waals surface area contributed by atoms with E-state index in [1.54, 1.807) is 0 Å². The van der Waals surface area contributed by atoms with Crippen LogP contribution in [0.15, 0.2) is 47.5 Å². The van der Waals surface area contributed by atoms with Crippen molar-refractivity contribution in [3.05, 3.63) is 58.1 Å². The summed E-state index contributed by atoms with van der Waals surface area (Å²) < 4.78 is 0. The molecule has 5 heteroatoms. The first-order chi connectivity index (χ1) is 10.5. The smallest absolute Gasteiger partial charge is 0.189 e. The van der Waals surface area contributed by atoms with E-state index in [0.717, 1.165) is 28.1 Å². The van der Waals surface area contributed by atoms with E-state index < -0.39 is 0 Å². The Kier molecular flexibility index (Phi) is 4.02. The standard InChI is InChI=1S/C17H17Cl2N3/c1-17(8-9-21-16(20)22-17)14-7-3-6-13(15(14)19)11-4-2-5-12(18)10-11/h2-7,10H,8-9H2,1H3,(H3,20,21,22)/t17-/m0/s1. The molecule has 22 heavy (non-hydrogen) atoms. The molecule has 0 aliphatic carbocycles. The molecule has 0 fully saturated rings. The summed E-state index contributed by atoms with van der Waals surface area (Å²) in [5.41, 5.74) is 8.51. The van der Waals surface area contributed by atoms with E-state index in [-0.39, 0.29) is 5.54 Å². The van der Waals surface area contributed by atoms with E-state index in [1.165, 1.54) is 0 Å². The lowest BCUT2D eigenvalue weighted by Crippen LogP contribution is -2.50. The van der Waals surface area contributed by atoms with Crippen LogP contribution in [0.25, 0.3) is 11.1 Å². The van der Waals surface area contributed by atoms with Gasteiger partial charge in [-0.15, -0.1) is 0 Å². The highest BCUT2D eigenvalue weighted by atomic mass is 35.5. The van der Waals surface area contributed by atoms with Crippen molar-refractivity contribution >= 4 is 29.2 Å². The van der Waals surface area contributed by atoms with Crippen LogP contribution in [0.5, 0.6) is 0 Å². The number of aliphatic imine (C=N–C) groups is 1. The van der Waals surface area contributed by atoms with Gasteiger partial charge in [0.2, 0.25) is 0 Å². The lowest BCUT2D eigenvalue weighted by Gasteiger charge is -2.35. The van der Waals surface area contributed by atoms with Crippen LogP contribution >= 0.6 is 23.2 Å². The van der Waals surface area contributed by atoms with E-state index in [9.17, 15) is 0 Å². The molecule has 0 unspecified atom stereocenters. The first-order valence-corrected chi connectivity index (χ1v) is 7.88. The maximum absolute atomic E-state index is 6.70. The molecule has 2 aromatic carbocycles. The van der Waals surface area contributed by atoms with Crippen molar-refractivity contribution in [2.75, 3.05) is 6.54 Å². The predicted molar refractivity (Wildman–Crippen MR) is 93.5 cm³/mol. The summed E-state index contributed by atoms with van der Waals surface area (Å²) >= 11 is 12.8. The normalized spacial score (nSPS) is 21.1. The van der Waals surface area contributed by atoms with Gasteiger partial charge in [0.15, 0.2) is 5.96 Å². The molecule has 1 aliphatic heterocycles. The Bertz CT molecular complexity index is 742. The molecule has 3 rings (SSSR count). The molecule has 0 bridgehead atoms. The van der Waals surface area contributed by atoms with Crippen LogP contribution in [0.4, 0.5) is 0 Å². The topological polar surface area (TPSA) is 50.4 Å². The molecule has 114 valence electrons. The van der Waals surface area contributed by atoms with Crippen molar-refractivity contribution < 1.29 is 0 Å². The van der Waals surface area contributed by atoms with Gasteiger partial charge in [-0.05, 0) is 36.6 Å². The Hall–Kier alpha value is -1.71. The molecular formula is C17H17Cl2N3. The third-order valence-corrected chi connectivity index (χ3v) is 4.67. The number of benzene rings is 2. The van der Waals surface area contributed by atoms with Crippen LogP contribution in [0, 0.1) is 0 Å². The van der Waals surface area contributed by atoms with Crippen molar-refractivity contribution in [1.29, 1.82) is 0 Å². The fraction of sp³-hybridized carbons (Fsp3) is 0.235. The Labute approximate surface area is 140 Å². The highest BCUT2D eigenvalue weighted by Crippen LogP contribution is 2.38. The molecule has 1 atom stereocenters. The molecule has 0 saturated heterocycles. The average Bonchev–Trinajstić information content (AvgIpc) is 2.47. The summed E-state index contributed by atoms with van der Waals surface area (Å²) in [6, 6.07) is 13.7. The van der Waals surface area contributed by atoms with Gasteiger partial charge in [-0.3, -0.25) is 4.99 Å². The van der Waals surface area contributed by atoms with E-state index in [4.69, 9.17) is 28.9 Å². The molecule has 0 aromatic heterocycles. The maximum atomic E-state index is 6.70. The van der Waals surface area contributed by atoms with Crippen LogP contribution < -0.4 is 11.1 Å². The molecule has 2 aromatic rings. The number of nitrogens with two attached hydrogens (primary N) is 1. The monoisotopic (exact) mass is 333 g/mol. The van der Waals surface area contributed by atoms with Crippen molar-refractivity contribution in [2.24, 2.45) is 10.7 Å². The van der Waals surface area contributed by atoms with Crippen LogP contribution in [-0.4, -0.2) is 12.5 Å². The fourth-order valence-corrected chi connectivity index (χ4v) is 3.46. The molecule has 3 nitrogen and oxygen atoms in total. The maximum Gasteiger partial charge on any atom is 0.189 e. The largest absolute Gasteiger partial charge is 0.370 e. The third kappa shape index (κ3) is 2.79. The highest BCUT2D eigenvalue weighted by molar-refractivity contribution is 6.34. The van der Waals surface area contributed by atoms with Crippen molar-refractivity contribution in [1.82, 2.24) is 5.32 Å². The second kappa shape index (κ2) is 5.82. The molecule has 3 N–H and O–H groups in total. The number of guanidine groups is 1. The summed E-state index contributed by atoms with van der Waals surface area (Å²) in [7, 11) is 0. The minimum Gasteiger partial charge on any atom is -0.370 e. The number of nitrogens with zero attached hydrogens (tertiary/aromatic N) is 1. The molecule has 0 radical (unpaired) electrons. The average molecular weight is 334 g/mol. The van der Waals surface area contributed by atoms with Gasteiger partial charge in [-0.25, -0.2) is 0 Å². The van der Waals surface area contributed by atoms with Crippen molar-refractivity contribution in [3.63, 3.8) is 0 Å². The lowest BCUT2D eigenvalue weighted by molar-refractivity contribution is 0.389. The van der Waals surface area contributed by atoms with Gasteiger partial charge in [0.1, 0.15) is 0 Å². The number of nitrogens with one attached hydrogen (secondary N) is 1. The van der Waals surface area contributed by atoms with Gasteiger partial charge in [0.05, 0.1) is 10.6 Å². The van der Waals surface area contributed by atoms with Crippen LogP contribution in [0.1, 0.15) is 18.9 Å². The summed E-state index contributed by atoms with van der Waals surface area (Å²) in [5.74, 6) is 0.456. The minimum absolute atomic E-state index is 0.322. The number of hydrogen-bond acceptors (Lipinski definition) is 3. The van der Waals surface area contributed by atoms with Gasteiger partial charge in [-0.2, -0.15) is 0 Å². The summed E-state index contributed by atoms with van der Waals surface area (Å²) in [4.78, 5) is 4.20. The zero-order valence-corrected chi connectivity index (χ0v) is 13.7. The Morgan fingerprint density at radius 1 is 1.18 bits per heavy atom. The number of halogens is 2. The lowest BCUT2D eigenvalue weighted by atomic mass is 9.86. The molecule has 1 heterocycles. The van der Waals surface area contributed by atoms with Crippen LogP contribution in [0.3, 0.4) is 0 Å². The Morgan fingerprint density at radius 3 is 2.68 bits per heavy atom. The third-order valence-electron chi connectivity index (χ3n) is 4.03. The fourth-order valence-electron chi connectivity index (χ4n) is 2.82. The Balaban J connectivity index is 2.08. The second-order valence-corrected chi connectivity index (χ2v) is 6.47. The van der Waals surface area contributed by atoms with Gasteiger partial charge >= 0.3 is 0 Å². The first-order valence-electron chi connectivity index (χ1n) is 7.13.